The predicted octanol–water partition coefficient (Wildman–Crippen LogP) is 18.7. The quantitative estimate of drug-likeness (QED) is 0.0262. The van der Waals surface area contributed by atoms with Crippen LogP contribution in [0.15, 0.2) is 109 Å². The summed E-state index contributed by atoms with van der Waals surface area (Å²) in [5.41, 5.74) is 0. The van der Waals surface area contributed by atoms with Crippen LogP contribution in [0.1, 0.15) is 245 Å². The first-order valence-corrected chi connectivity index (χ1v) is 27.9. The third-order valence-corrected chi connectivity index (χ3v) is 11.5. The van der Waals surface area contributed by atoms with Gasteiger partial charge in [0.05, 0.1) is 6.42 Å². The van der Waals surface area contributed by atoms with Gasteiger partial charge in [0, 0.05) is 12.8 Å². The average Bonchev–Trinajstić information content (AvgIpc) is 3.34. The number of allylic oxidation sites excluding steroid dienone is 17. The molecule has 0 aliphatic heterocycles. The number of carbonyl (C=O) groups is 3. The molecule has 0 fully saturated rings. The summed E-state index contributed by atoms with van der Waals surface area (Å²) in [5, 5.41) is 0. The van der Waals surface area contributed by atoms with E-state index >= 15 is 0 Å². The lowest BCUT2D eigenvalue weighted by Crippen LogP contribution is -2.30. The molecule has 6 nitrogen and oxygen atoms in total. The zero-order valence-electron chi connectivity index (χ0n) is 44.1. The Morgan fingerprint density at radius 3 is 1.04 bits per heavy atom. The summed E-state index contributed by atoms with van der Waals surface area (Å²) in [4.78, 5) is 37.9. The fourth-order valence-corrected chi connectivity index (χ4v) is 7.35. The molecule has 1 unspecified atom stereocenters. The predicted molar refractivity (Wildman–Crippen MR) is 293 cm³/mol. The molecule has 0 aromatic carbocycles. The molecule has 0 aromatic heterocycles. The van der Waals surface area contributed by atoms with Gasteiger partial charge in [0.15, 0.2) is 6.10 Å². The molecule has 0 amide bonds. The Morgan fingerprint density at radius 2 is 0.647 bits per heavy atom. The second-order valence-electron chi connectivity index (χ2n) is 18.1. The Morgan fingerprint density at radius 1 is 0.324 bits per heavy atom. The molecule has 0 aliphatic carbocycles. The normalized spacial score (nSPS) is 12.9. The van der Waals surface area contributed by atoms with Crippen LogP contribution in [0.2, 0.25) is 0 Å². The van der Waals surface area contributed by atoms with Gasteiger partial charge in [-0.3, -0.25) is 14.4 Å². The highest BCUT2D eigenvalue weighted by molar-refractivity contribution is 5.72. The minimum atomic E-state index is -0.838. The number of hydrogen-bond donors (Lipinski definition) is 0. The van der Waals surface area contributed by atoms with E-state index in [4.69, 9.17) is 14.2 Å². The van der Waals surface area contributed by atoms with Crippen LogP contribution in [0.4, 0.5) is 0 Å². The molecule has 6 heteroatoms. The van der Waals surface area contributed by atoms with E-state index in [9.17, 15) is 14.4 Å². The van der Waals surface area contributed by atoms with Gasteiger partial charge in [-0.25, -0.2) is 0 Å². The van der Waals surface area contributed by atoms with Crippen molar-refractivity contribution in [3.8, 4) is 0 Å². The van der Waals surface area contributed by atoms with Crippen molar-refractivity contribution in [3.63, 3.8) is 0 Å². The third-order valence-electron chi connectivity index (χ3n) is 11.5. The number of ether oxygens (including phenoxy) is 3. The zero-order chi connectivity index (χ0) is 49.3. The largest absolute Gasteiger partial charge is 0.462 e. The lowest BCUT2D eigenvalue weighted by Gasteiger charge is -2.18. The summed E-state index contributed by atoms with van der Waals surface area (Å²) in [6.45, 7) is 6.35. The molecular weight excluding hydrogens is 841 g/mol. The van der Waals surface area contributed by atoms with Crippen molar-refractivity contribution in [2.24, 2.45) is 0 Å². The fourth-order valence-electron chi connectivity index (χ4n) is 7.35. The molecule has 0 saturated heterocycles. The van der Waals surface area contributed by atoms with Gasteiger partial charge in [0.25, 0.3) is 0 Å². The van der Waals surface area contributed by atoms with E-state index in [0.29, 0.717) is 19.3 Å². The van der Waals surface area contributed by atoms with Gasteiger partial charge in [-0.2, -0.15) is 0 Å². The zero-order valence-corrected chi connectivity index (χ0v) is 44.1. The van der Waals surface area contributed by atoms with Crippen molar-refractivity contribution in [1.29, 1.82) is 0 Å². The van der Waals surface area contributed by atoms with E-state index in [1.165, 1.54) is 103 Å². The number of esters is 3. The first-order chi connectivity index (χ1) is 33.5. The molecule has 0 heterocycles. The fraction of sp³-hybridized carbons (Fsp3) is 0.661. The molecule has 0 bridgehead atoms. The third kappa shape index (κ3) is 53.0. The van der Waals surface area contributed by atoms with Crippen molar-refractivity contribution in [3.05, 3.63) is 109 Å². The number of unbranched alkanes of at least 4 members (excludes halogenated alkanes) is 21. The van der Waals surface area contributed by atoms with Crippen LogP contribution >= 0.6 is 0 Å². The maximum Gasteiger partial charge on any atom is 0.310 e. The average molecular weight is 943 g/mol. The monoisotopic (exact) mass is 943 g/mol. The van der Waals surface area contributed by atoms with E-state index in [0.717, 1.165) is 96.3 Å². The van der Waals surface area contributed by atoms with Gasteiger partial charge in [-0.05, 0) is 103 Å². The lowest BCUT2D eigenvalue weighted by molar-refractivity contribution is -0.166. The van der Waals surface area contributed by atoms with E-state index in [2.05, 4.69) is 118 Å². The smallest absolute Gasteiger partial charge is 0.310 e. The van der Waals surface area contributed by atoms with E-state index in [1.807, 2.05) is 6.08 Å². The molecule has 0 aromatic rings. The van der Waals surface area contributed by atoms with Crippen LogP contribution in [0.25, 0.3) is 0 Å². The Hall–Kier alpha value is -3.93. The minimum Gasteiger partial charge on any atom is -0.462 e. The first kappa shape index (κ1) is 64.1. The van der Waals surface area contributed by atoms with Crippen LogP contribution in [0, 0.1) is 0 Å². The van der Waals surface area contributed by atoms with Gasteiger partial charge < -0.3 is 14.2 Å². The molecule has 0 radical (unpaired) electrons. The highest BCUT2D eigenvalue weighted by Gasteiger charge is 2.19. The number of carbonyl (C=O) groups excluding carboxylic acids is 3. The van der Waals surface area contributed by atoms with E-state index < -0.39 is 12.1 Å². The minimum absolute atomic E-state index is 0.0915. The maximum absolute atomic E-state index is 12.7. The topological polar surface area (TPSA) is 78.9 Å². The van der Waals surface area contributed by atoms with Crippen molar-refractivity contribution >= 4 is 17.9 Å². The second kappa shape index (κ2) is 55.7. The van der Waals surface area contributed by atoms with Crippen LogP contribution in [-0.4, -0.2) is 37.2 Å². The van der Waals surface area contributed by atoms with Crippen molar-refractivity contribution < 1.29 is 28.6 Å². The highest BCUT2D eigenvalue weighted by atomic mass is 16.6. The van der Waals surface area contributed by atoms with Gasteiger partial charge >= 0.3 is 17.9 Å². The molecule has 0 N–H and O–H groups in total. The molecule has 0 spiro atoms. The second-order valence-corrected chi connectivity index (χ2v) is 18.1. The molecule has 0 saturated carbocycles. The van der Waals surface area contributed by atoms with Crippen molar-refractivity contribution in [2.45, 2.75) is 252 Å². The lowest BCUT2D eigenvalue weighted by atomic mass is 10.1. The SMILES string of the molecule is CC/C=C\C/C=C\C/C=C\C/C=C\C/C=C\CC(=O)OC(COC(=O)CCCCCCC/C=C\CCC)COC(=O)CCCCCCCCCCCC/C=C\C/C=C\C/C=C\CCCCCCC. The Kier molecular flexibility index (Phi) is 52.4. The summed E-state index contributed by atoms with van der Waals surface area (Å²) in [6, 6.07) is 0. The molecule has 386 valence electrons. The van der Waals surface area contributed by atoms with Crippen LogP contribution in [0.3, 0.4) is 0 Å². The maximum atomic E-state index is 12.7. The molecule has 0 aliphatic rings. The standard InChI is InChI=1S/C62H102O6/c1-4-7-10-13-16-19-22-24-26-27-28-29-30-31-32-33-34-35-37-38-40-43-46-49-52-55-61(64)67-58-59(57-66-60(63)54-51-48-45-42-21-18-15-12-9-6-3)68-62(65)56-53-50-47-44-41-39-36-25-23-20-17-14-11-8-5-2/h8,11-12,15,17,20,22,24-25,27-28,30-31,36,41,44,50,53,59H,4-7,9-10,13-14,16,18-19,21,23,26,29,32-35,37-40,42-43,45-49,51-52,54-58H2,1-3H3/b11-8-,15-12-,20-17-,24-22-,28-27-,31-30-,36-25-,44-41-,53-50-. The van der Waals surface area contributed by atoms with Crippen LogP contribution in [-0.2, 0) is 28.6 Å². The van der Waals surface area contributed by atoms with Crippen LogP contribution in [0.5, 0.6) is 0 Å². The molecule has 68 heavy (non-hydrogen) atoms. The Bertz CT molecular complexity index is 1410. The number of rotatable bonds is 49. The molecule has 0 rings (SSSR count). The van der Waals surface area contributed by atoms with Gasteiger partial charge in [-0.15, -0.1) is 0 Å². The molecule has 1 atom stereocenters. The summed E-state index contributed by atoms with van der Waals surface area (Å²) >= 11 is 0. The summed E-state index contributed by atoms with van der Waals surface area (Å²) in [5.74, 6) is -1.07. The van der Waals surface area contributed by atoms with Crippen molar-refractivity contribution in [2.75, 3.05) is 13.2 Å². The van der Waals surface area contributed by atoms with Crippen LogP contribution < -0.4 is 0 Å². The van der Waals surface area contributed by atoms with Gasteiger partial charge in [-0.1, -0.05) is 233 Å². The van der Waals surface area contributed by atoms with Gasteiger partial charge in [0.1, 0.15) is 13.2 Å². The van der Waals surface area contributed by atoms with Crippen molar-refractivity contribution in [1.82, 2.24) is 0 Å². The Labute approximate surface area is 419 Å². The number of hydrogen-bond acceptors (Lipinski definition) is 6. The van der Waals surface area contributed by atoms with Gasteiger partial charge in [0.2, 0.25) is 0 Å². The summed E-state index contributed by atoms with van der Waals surface area (Å²) in [6.07, 6.45) is 75.5. The Balaban J connectivity index is 4.36. The molecular formula is C62H102O6. The highest BCUT2D eigenvalue weighted by Crippen LogP contribution is 2.14. The van der Waals surface area contributed by atoms with E-state index in [1.54, 1.807) is 6.08 Å². The summed E-state index contributed by atoms with van der Waals surface area (Å²) < 4.78 is 16.7. The first-order valence-electron chi connectivity index (χ1n) is 27.9. The van der Waals surface area contributed by atoms with E-state index in [-0.39, 0.29) is 31.6 Å². The summed E-state index contributed by atoms with van der Waals surface area (Å²) in [7, 11) is 0.